The molecule has 1 N–H and O–H groups in total. The van der Waals surface area contributed by atoms with E-state index in [1.54, 1.807) is 31.2 Å². The van der Waals surface area contributed by atoms with Crippen molar-refractivity contribution in [2.45, 2.75) is 69.4 Å². The molecular weight excluding hydrogens is 450 g/mol. The number of aryl methyl sites for hydroxylation is 1. The largest absolute Gasteiger partial charge is 0.512 e. The zero-order valence-corrected chi connectivity index (χ0v) is 20.6. The summed E-state index contributed by atoms with van der Waals surface area (Å²) >= 11 is 0. The number of ether oxygens (including phenoxy) is 1. The van der Waals surface area contributed by atoms with Crippen LogP contribution in [-0.2, 0) is 19.6 Å². The molecule has 4 rings (SSSR count). The van der Waals surface area contributed by atoms with Crippen LogP contribution in [0.25, 0.3) is 0 Å². The highest BCUT2D eigenvalue weighted by atomic mass is 32.2. The average Bonchev–Trinajstić information content (AvgIpc) is 2.84. The van der Waals surface area contributed by atoms with Crippen molar-refractivity contribution in [2.24, 2.45) is 5.92 Å². The van der Waals surface area contributed by atoms with Crippen LogP contribution in [0.1, 0.15) is 62.6 Å². The minimum absolute atomic E-state index is 0.0203. The molecule has 34 heavy (non-hydrogen) atoms. The number of sulfonamides is 1. The van der Waals surface area contributed by atoms with E-state index in [1.165, 1.54) is 4.31 Å². The molecule has 6 nitrogen and oxygen atoms in total. The lowest BCUT2D eigenvalue weighted by molar-refractivity contribution is -0.140. The van der Waals surface area contributed by atoms with E-state index in [2.05, 4.69) is 0 Å². The molecule has 182 valence electrons. The summed E-state index contributed by atoms with van der Waals surface area (Å²) in [6, 6.07) is 14.7. The topological polar surface area (TPSA) is 83.9 Å². The SMILES string of the molecule is CCOC(=O)C1=C(O)C[C@H](c2ccccc2)N(S(=O)(=O)c2ccc(C)cc2)[C@@H]1C1CCCCC1. The zero-order chi connectivity index (χ0) is 24.3. The van der Waals surface area contributed by atoms with Crippen molar-refractivity contribution in [3.8, 4) is 0 Å². The van der Waals surface area contributed by atoms with Gasteiger partial charge in [-0.2, -0.15) is 4.31 Å². The van der Waals surface area contributed by atoms with Crippen molar-refractivity contribution in [1.29, 1.82) is 0 Å². The third-order valence-electron chi connectivity index (χ3n) is 6.95. The number of aliphatic hydroxyl groups excluding tert-OH is 1. The van der Waals surface area contributed by atoms with Crippen LogP contribution in [0.3, 0.4) is 0 Å². The van der Waals surface area contributed by atoms with Gasteiger partial charge in [0, 0.05) is 6.42 Å². The monoisotopic (exact) mass is 483 g/mol. The molecule has 2 aromatic carbocycles. The summed E-state index contributed by atoms with van der Waals surface area (Å²) in [5.41, 5.74) is 1.84. The first kappa shape index (κ1) is 24.5. The Hall–Kier alpha value is -2.64. The van der Waals surface area contributed by atoms with E-state index in [4.69, 9.17) is 4.74 Å². The van der Waals surface area contributed by atoms with Crippen molar-refractivity contribution in [1.82, 2.24) is 4.31 Å². The van der Waals surface area contributed by atoms with Crippen LogP contribution in [0, 0.1) is 12.8 Å². The summed E-state index contributed by atoms with van der Waals surface area (Å²) < 4.78 is 35.3. The van der Waals surface area contributed by atoms with Gasteiger partial charge >= 0.3 is 5.97 Å². The van der Waals surface area contributed by atoms with Gasteiger partial charge in [0.25, 0.3) is 0 Å². The molecule has 2 atom stereocenters. The van der Waals surface area contributed by atoms with E-state index in [1.807, 2.05) is 37.3 Å². The second kappa shape index (κ2) is 10.3. The van der Waals surface area contributed by atoms with Crippen molar-refractivity contribution in [2.75, 3.05) is 6.61 Å². The maximum atomic E-state index is 14.2. The predicted octanol–water partition coefficient (Wildman–Crippen LogP) is 5.45. The van der Waals surface area contributed by atoms with Crippen LogP contribution in [-0.4, -0.2) is 36.4 Å². The fraction of sp³-hybridized carbons (Fsp3) is 0.444. The first-order valence-corrected chi connectivity index (χ1v) is 13.5. The quantitative estimate of drug-likeness (QED) is 0.552. The summed E-state index contributed by atoms with van der Waals surface area (Å²) in [6.07, 6.45) is 4.62. The van der Waals surface area contributed by atoms with E-state index in [0.717, 1.165) is 43.2 Å². The van der Waals surface area contributed by atoms with Gasteiger partial charge in [0.1, 0.15) is 5.76 Å². The van der Waals surface area contributed by atoms with Gasteiger partial charge in [-0.05, 0) is 50.3 Å². The first-order chi connectivity index (χ1) is 16.3. The minimum Gasteiger partial charge on any atom is -0.512 e. The fourth-order valence-corrected chi connectivity index (χ4v) is 7.14. The smallest absolute Gasteiger partial charge is 0.339 e. The van der Waals surface area contributed by atoms with Gasteiger partial charge in [-0.3, -0.25) is 0 Å². The minimum atomic E-state index is -4.00. The number of carbonyl (C=O) groups excluding carboxylic acids is 1. The number of nitrogens with zero attached hydrogens (tertiary/aromatic N) is 1. The van der Waals surface area contributed by atoms with Crippen molar-refractivity contribution >= 4 is 16.0 Å². The Morgan fingerprint density at radius 1 is 1.03 bits per heavy atom. The third kappa shape index (κ3) is 4.77. The van der Waals surface area contributed by atoms with Crippen LogP contribution in [0.15, 0.2) is 70.8 Å². The maximum absolute atomic E-state index is 14.2. The summed E-state index contributed by atoms with van der Waals surface area (Å²) in [6.45, 7) is 3.77. The van der Waals surface area contributed by atoms with Crippen LogP contribution in [0.4, 0.5) is 0 Å². The molecule has 1 aliphatic heterocycles. The highest BCUT2D eigenvalue weighted by molar-refractivity contribution is 7.89. The molecule has 0 amide bonds. The lowest BCUT2D eigenvalue weighted by atomic mass is 9.77. The highest BCUT2D eigenvalue weighted by Gasteiger charge is 2.49. The average molecular weight is 484 g/mol. The van der Waals surface area contributed by atoms with Gasteiger partial charge in [0.15, 0.2) is 0 Å². The Morgan fingerprint density at radius 3 is 2.29 bits per heavy atom. The molecule has 0 spiro atoms. The van der Waals surface area contributed by atoms with Gasteiger partial charge in [-0.1, -0.05) is 67.3 Å². The molecule has 0 unspecified atom stereocenters. The molecule has 0 saturated heterocycles. The second-order valence-corrected chi connectivity index (χ2v) is 11.0. The van der Waals surface area contributed by atoms with Gasteiger partial charge in [-0.25, -0.2) is 13.2 Å². The van der Waals surface area contributed by atoms with E-state index in [9.17, 15) is 18.3 Å². The van der Waals surface area contributed by atoms with Gasteiger partial charge < -0.3 is 9.84 Å². The molecule has 2 aliphatic rings. The summed E-state index contributed by atoms with van der Waals surface area (Å²) in [5, 5.41) is 11.1. The molecule has 1 fully saturated rings. The molecule has 1 heterocycles. The molecule has 2 aromatic rings. The molecule has 0 aromatic heterocycles. The Kier molecular flexibility index (Phi) is 7.43. The summed E-state index contributed by atoms with van der Waals surface area (Å²) in [4.78, 5) is 13.3. The Bertz CT molecular complexity index is 1140. The number of carbonyl (C=O) groups is 1. The fourth-order valence-electron chi connectivity index (χ4n) is 5.30. The third-order valence-corrected chi connectivity index (χ3v) is 8.85. The summed E-state index contributed by atoms with van der Waals surface area (Å²) in [5.74, 6) is -0.786. The molecule has 0 bridgehead atoms. The second-order valence-electron chi connectivity index (χ2n) is 9.20. The van der Waals surface area contributed by atoms with Crippen molar-refractivity contribution in [3.63, 3.8) is 0 Å². The normalized spacial score (nSPS) is 22.5. The number of hydrogen-bond donors (Lipinski definition) is 1. The number of hydrogen-bond acceptors (Lipinski definition) is 5. The first-order valence-electron chi connectivity index (χ1n) is 12.1. The van der Waals surface area contributed by atoms with E-state index in [-0.39, 0.29) is 35.2 Å². The van der Waals surface area contributed by atoms with Crippen LogP contribution in [0.2, 0.25) is 0 Å². The number of esters is 1. The number of aliphatic hydroxyl groups is 1. The van der Waals surface area contributed by atoms with Gasteiger partial charge in [0.05, 0.1) is 29.2 Å². The number of benzene rings is 2. The van der Waals surface area contributed by atoms with E-state index < -0.39 is 28.1 Å². The lowest BCUT2D eigenvalue weighted by Gasteiger charge is -2.45. The van der Waals surface area contributed by atoms with E-state index >= 15 is 0 Å². The standard InChI is InChI=1S/C27H33NO5S/c1-3-33-27(30)25-24(29)18-23(20-10-6-4-7-11-20)28(26(25)21-12-8-5-9-13-21)34(31,32)22-16-14-19(2)15-17-22/h4,6-7,10-11,14-17,21,23,26,29H,3,5,8-9,12-13,18H2,1-2H3/t23-,26-/m1/s1. The highest BCUT2D eigenvalue weighted by Crippen LogP contribution is 2.46. The van der Waals surface area contributed by atoms with Crippen LogP contribution < -0.4 is 0 Å². The van der Waals surface area contributed by atoms with Gasteiger partial charge in [-0.15, -0.1) is 0 Å². The van der Waals surface area contributed by atoms with Crippen LogP contribution in [0.5, 0.6) is 0 Å². The molecule has 0 radical (unpaired) electrons. The lowest BCUT2D eigenvalue weighted by Crippen LogP contribution is -2.52. The Balaban J connectivity index is 1.93. The predicted molar refractivity (Wildman–Crippen MR) is 131 cm³/mol. The van der Waals surface area contributed by atoms with Gasteiger partial charge in [0.2, 0.25) is 10.0 Å². The zero-order valence-electron chi connectivity index (χ0n) is 19.8. The Morgan fingerprint density at radius 2 is 1.68 bits per heavy atom. The van der Waals surface area contributed by atoms with Crippen molar-refractivity contribution in [3.05, 3.63) is 77.1 Å². The van der Waals surface area contributed by atoms with Crippen molar-refractivity contribution < 1.29 is 23.1 Å². The molecule has 7 heteroatoms. The number of rotatable bonds is 6. The summed E-state index contributed by atoms with van der Waals surface area (Å²) in [7, 11) is -4.00. The molecular formula is C27H33NO5S. The molecule has 1 saturated carbocycles. The van der Waals surface area contributed by atoms with Crippen LogP contribution >= 0.6 is 0 Å². The Labute approximate surface area is 202 Å². The van der Waals surface area contributed by atoms with E-state index in [0.29, 0.717) is 0 Å². The maximum Gasteiger partial charge on any atom is 0.339 e. The molecule has 1 aliphatic carbocycles.